The first-order valence-corrected chi connectivity index (χ1v) is 8.63. The van der Waals surface area contributed by atoms with Gasteiger partial charge < -0.3 is 9.47 Å². The summed E-state index contributed by atoms with van der Waals surface area (Å²) in [6, 6.07) is 6.17. The van der Waals surface area contributed by atoms with Gasteiger partial charge in [-0.2, -0.15) is 0 Å². The second kappa shape index (κ2) is 7.35. The predicted octanol–water partition coefficient (Wildman–Crippen LogP) is 1.67. The van der Waals surface area contributed by atoms with E-state index in [2.05, 4.69) is 9.47 Å². The summed E-state index contributed by atoms with van der Waals surface area (Å²) in [6.07, 6.45) is 4.86. The molecule has 25 heavy (non-hydrogen) atoms. The number of hydrogen-bond acceptors (Lipinski definition) is 6. The molecule has 0 aromatic heterocycles. The van der Waals surface area contributed by atoms with Crippen molar-refractivity contribution < 1.29 is 27.5 Å². The zero-order chi connectivity index (χ0) is 18.6. The number of carbonyl (C=O) groups excluding carboxylic acids is 2. The van der Waals surface area contributed by atoms with E-state index in [-0.39, 0.29) is 16.2 Å². The van der Waals surface area contributed by atoms with E-state index in [4.69, 9.17) is 0 Å². The normalized spacial score (nSPS) is 14.3. The first kappa shape index (κ1) is 18.5. The van der Waals surface area contributed by atoms with E-state index in [0.29, 0.717) is 0 Å². The second-order valence-electron chi connectivity index (χ2n) is 5.09. The Kier molecular flexibility index (Phi) is 5.43. The summed E-state index contributed by atoms with van der Waals surface area (Å²) in [5.74, 6) is -1.52. The lowest BCUT2D eigenvalue weighted by atomic mass is 10.2. The highest BCUT2D eigenvalue weighted by atomic mass is 32.2. The van der Waals surface area contributed by atoms with Crippen molar-refractivity contribution in [3.05, 3.63) is 65.5 Å². The number of nitrogens with zero attached hydrogens (tertiary/aromatic N) is 1. The molecule has 0 radical (unpaired) electrons. The number of esters is 2. The SMILES string of the molecule is COC(=O)C1=CC=C(C(=O)OC)N(S(=O)(=O)c2ccc(C)cc2)C=C1. The molecule has 2 rings (SSSR count). The smallest absolute Gasteiger partial charge is 0.355 e. The number of ether oxygens (including phenoxy) is 2. The van der Waals surface area contributed by atoms with Crippen LogP contribution in [0.25, 0.3) is 0 Å². The van der Waals surface area contributed by atoms with E-state index in [0.717, 1.165) is 23.2 Å². The van der Waals surface area contributed by atoms with Gasteiger partial charge >= 0.3 is 11.9 Å². The second-order valence-corrected chi connectivity index (χ2v) is 6.90. The van der Waals surface area contributed by atoms with Crippen LogP contribution in [0, 0.1) is 6.92 Å². The molecule has 7 nitrogen and oxygen atoms in total. The quantitative estimate of drug-likeness (QED) is 0.756. The number of carbonyl (C=O) groups is 2. The van der Waals surface area contributed by atoms with E-state index in [1.165, 1.54) is 37.5 Å². The standard InChI is InChI=1S/C17H17NO6S/c1-12-4-7-14(8-5-12)25(21,22)18-11-10-13(16(19)23-2)6-9-15(18)17(20)24-3/h4-11H,1-3H3. The number of hydrogen-bond donors (Lipinski definition) is 0. The lowest BCUT2D eigenvalue weighted by molar-refractivity contribution is -0.137. The van der Waals surface area contributed by atoms with E-state index in [9.17, 15) is 18.0 Å². The molecule has 0 aliphatic carbocycles. The third-order valence-corrected chi connectivity index (χ3v) is 5.15. The fourth-order valence-corrected chi connectivity index (χ4v) is 3.40. The van der Waals surface area contributed by atoms with Gasteiger partial charge in [-0.1, -0.05) is 17.7 Å². The van der Waals surface area contributed by atoms with E-state index in [1.807, 2.05) is 6.92 Å². The van der Waals surface area contributed by atoms with Crippen molar-refractivity contribution in [2.24, 2.45) is 0 Å². The molecular formula is C17H17NO6S. The average molecular weight is 363 g/mol. The summed E-state index contributed by atoms with van der Waals surface area (Å²) < 4.78 is 35.9. The minimum Gasteiger partial charge on any atom is -0.465 e. The molecule has 0 fully saturated rings. The molecule has 1 aliphatic heterocycles. The monoisotopic (exact) mass is 363 g/mol. The highest BCUT2D eigenvalue weighted by molar-refractivity contribution is 7.89. The Bertz CT molecular complexity index is 878. The fourth-order valence-electron chi connectivity index (χ4n) is 2.08. The van der Waals surface area contributed by atoms with E-state index in [1.54, 1.807) is 12.1 Å². The van der Waals surface area contributed by atoms with E-state index < -0.39 is 22.0 Å². The van der Waals surface area contributed by atoms with Crippen molar-refractivity contribution in [2.75, 3.05) is 14.2 Å². The van der Waals surface area contributed by atoms with Gasteiger partial charge in [0.15, 0.2) is 0 Å². The van der Waals surface area contributed by atoms with Crippen molar-refractivity contribution in [1.29, 1.82) is 0 Å². The fraction of sp³-hybridized carbons (Fsp3) is 0.176. The maximum atomic E-state index is 12.9. The summed E-state index contributed by atoms with van der Waals surface area (Å²) in [6.45, 7) is 1.83. The van der Waals surface area contributed by atoms with E-state index >= 15 is 0 Å². The molecule has 0 atom stereocenters. The van der Waals surface area contributed by atoms with Crippen LogP contribution in [0.1, 0.15) is 5.56 Å². The Hall–Kier alpha value is -2.87. The summed E-state index contributed by atoms with van der Waals surface area (Å²) in [4.78, 5) is 23.7. The van der Waals surface area contributed by atoms with Crippen LogP contribution >= 0.6 is 0 Å². The van der Waals surface area contributed by atoms with Crippen molar-refractivity contribution in [1.82, 2.24) is 4.31 Å². The molecular weight excluding hydrogens is 346 g/mol. The Morgan fingerprint density at radius 2 is 1.56 bits per heavy atom. The molecule has 1 aliphatic rings. The number of allylic oxidation sites excluding steroid dienone is 2. The molecule has 0 saturated heterocycles. The lowest BCUT2D eigenvalue weighted by Gasteiger charge is -2.21. The molecule has 0 unspecified atom stereocenters. The zero-order valence-corrected chi connectivity index (χ0v) is 14.7. The van der Waals surface area contributed by atoms with Gasteiger partial charge in [0.05, 0.1) is 24.7 Å². The van der Waals surface area contributed by atoms with Crippen molar-refractivity contribution in [2.45, 2.75) is 11.8 Å². The average Bonchev–Trinajstić information content (AvgIpc) is 2.84. The Labute approximate surface area is 145 Å². The third kappa shape index (κ3) is 3.80. The zero-order valence-electron chi connectivity index (χ0n) is 13.9. The molecule has 1 aromatic rings. The maximum Gasteiger partial charge on any atom is 0.355 e. The summed E-state index contributed by atoms with van der Waals surface area (Å²) in [5.41, 5.74) is 0.729. The van der Waals surface area contributed by atoms with Gasteiger partial charge in [0, 0.05) is 6.20 Å². The van der Waals surface area contributed by atoms with Gasteiger partial charge in [0.25, 0.3) is 10.0 Å². The van der Waals surface area contributed by atoms with Gasteiger partial charge in [-0.05, 0) is 37.3 Å². The molecule has 0 amide bonds. The van der Waals surface area contributed by atoms with Gasteiger partial charge in [-0.15, -0.1) is 0 Å². The Morgan fingerprint density at radius 3 is 2.12 bits per heavy atom. The van der Waals surface area contributed by atoms with Gasteiger partial charge in [-0.3, -0.25) is 0 Å². The molecule has 0 N–H and O–H groups in total. The number of sulfonamides is 1. The van der Waals surface area contributed by atoms with Crippen LogP contribution in [-0.2, 0) is 29.1 Å². The third-order valence-electron chi connectivity index (χ3n) is 3.44. The number of benzene rings is 1. The first-order chi connectivity index (χ1) is 11.8. The predicted molar refractivity (Wildman–Crippen MR) is 89.5 cm³/mol. The molecule has 0 bridgehead atoms. The van der Waals surface area contributed by atoms with Crippen LogP contribution in [0.4, 0.5) is 0 Å². The maximum absolute atomic E-state index is 12.9. The van der Waals surface area contributed by atoms with Crippen LogP contribution in [0.3, 0.4) is 0 Å². The van der Waals surface area contributed by atoms with Crippen LogP contribution in [-0.4, -0.2) is 38.9 Å². The van der Waals surface area contributed by atoms with Crippen LogP contribution < -0.4 is 0 Å². The Morgan fingerprint density at radius 1 is 0.960 bits per heavy atom. The minimum atomic E-state index is -4.07. The molecule has 0 saturated carbocycles. The number of methoxy groups -OCH3 is 2. The molecule has 0 spiro atoms. The van der Waals surface area contributed by atoms with Crippen LogP contribution in [0.2, 0.25) is 0 Å². The van der Waals surface area contributed by atoms with Crippen LogP contribution in [0.15, 0.2) is 64.9 Å². The summed E-state index contributed by atoms with van der Waals surface area (Å²) >= 11 is 0. The molecule has 1 aromatic carbocycles. The van der Waals surface area contributed by atoms with Gasteiger partial charge in [0.2, 0.25) is 0 Å². The Balaban J connectivity index is 2.55. The summed E-state index contributed by atoms with van der Waals surface area (Å²) in [5, 5.41) is 0. The van der Waals surface area contributed by atoms with Gasteiger partial charge in [-0.25, -0.2) is 22.3 Å². The highest BCUT2D eigenvalue weighted by Crippen LogP contribution is 2.24. The van der Waals surface area contributed by atoms with Crippen LogP contribution in [0.5, 0.6) is 0 Å². The van der Waals surface area contributed by atoms with Gasteiger partial charge in [0.1, 0.15) is 5.70 Å². The van der Waals surface area contributed by atoms with Crippen molar-refractivity contribution >= 4 is 22.0 Å². The number of rotatable bonds is 4. The molecule has 132 valence electrons. The first-order valence-electron chi connectivity index (χ1n) is 7.19. The van der Waals surface area contributed by atoms with Crippen molar-refractivity contribution in [3.8, 4) is 0 Å². The number of aryl methyl sites for hydroxylation is 1. The highest BCUT2D eigenvalue weighted by Gasteiger charge is 2.30. The molecule has 1 heterocycles. The molecule has 8 heteroatoms. The topological polar surface area (TPSA) is 90.0 Å². The van der Waals surface area contributed by atoms with Crippen molar-refractivity contribution in [3.63, 3.8) is 0 Å². The largest absolute Gasteiger partial charge is 0.465 e. The lowest BCUT2D eigenvalue weighted by Crippen LogP contribution is -2.29. The minimum absolute atomic E-state index is 0.000860. The summed E-state index contributed by atoms with van der Waals surface area (Å²) in [7, 11) is -1.73.